The van der Waals surface area contributed by atoms with Crippen LogP contribution in [0.25, 0.3) is 11.4 Å². The summed E-state index contributed by atoms with van der Waals surface area (Å²) < 4.78 is 35.5. The van der Waals surface area contributed by atoms with Crippen molar-refractivity contribution in [1.82, 2.24) is 15.5 Å². The first kappa shape index (κ1) is 21.3. The molecule has 0 unspecified atom stereocenters. The van der Waals surface area contributed by atoms with Crippen molar-refractivity contribution in [2.24, 2.45) is 0 Å². The van der Waals surface area contributed by atoms with Crippen molar-refractivity contribution in [1.29, 1.82) is 0 Å². The van der Waals surface area contributed by atoms with Crippen molar-refractivity contribution < 1.29 is 22.5 Å². The largest absolute Gasteiger partial charge is 0.497 e. The van der Waals surface area contributed by atoms with E-state index >= 15 is 0 Å². The monoisotopic (exact) mass is 430 g/mol. The van der Waals surface area contributed by atoms with Crippen molar-refractivity contribution in [3.8, 4) is 17.1 Å². The molecule has 0 aliphatic carbocycles. The van der Waals surface area contributed by atoms with E-state index in [1.54, 1.807) is 24.3 Å². The Morgan fingerprint density at radius 1 is 1.13 bits per heavy atom. The summed E-state index contributed by atoms with van der Waals surface area (Å²) in [6.45, 7) is 1.58. The molecule has 0 spiro atoms. The molecule has 0 saturated heterocycles. The normalized spacial score (nSPS) is 11.2. The second kappa shape index (κ2) is 8.95. The van der Waals surface area contributed by atoms with E-state index in [2.05, 4.69) is 15.5 Å². The molecule has 1 amide bonds. The Morgan fingerprint density at radius 3 is 2.40 bits per heavy atom. The minimum absolute atomic E-state index is 0.0160. The Bertz CT molecular complexity index is 1110. The molecule has 10 heteroatoms. The number of rotatable bonds is 8. The van der Waals surface area contributed by atoms with Crippen LogP contribution in [0.1, 0.15) is 11.5 Å². The number of hydrogen-bond donors (Lipinski definition) is 1. The number of carbonyl (C=O) groups is 1. The van der Waals surface area contributed by atoms with E-state index in [0.29, 0.717) is 17.3 Å². The highest BCUT2D eigenvalue weighted by atomic mass is 32.2. The fourth-order valence-corrected chi connectivity index (χ4v) is 3.51. The van der Waals surface area contributed by atoms with Gasteiger partial charge in [0, 0.05) is 5.56 Å². The lowest BCUT2D eigenvalue weighted by molar-refractivity contribution is -0.119. The van der Waals surface area contributed by atoms with E-state index in [0.717, 1.165) is 21.7 Å². The Labute approximate surface area is 174 Å². The molecule has 3 aromatic rings. The SMILES string of the molecule is COc1ccc(N(CC(=O)NCc2nc(-c3ccc(C)cc3)no2)S(C)(=O)=O)cc1. The van der Waals surface area contributed by atoms with Crippen LogP contribution < -0.4 is 14.4 Å². The predicted octanol–water partition coefficient (Wildman–Crippen LogP) is 2.14. The van der Waals surface area contributed by atoms with Gasteiger partial charge in [0.15, 0.2) is 0 Å². The zero-order chi connectivity index (χ0) is 21.7. The number of carbonyl (C=O) groups excluding carboxylic acids is 1. The molecule has 1 heterocycles. The summed E-state index contributed by atoms with van der Waals surface area (Å²) >= 11 is 0. The molecule has 1 aromatic heterocycles. The summed E-state index contributed by atoms with van der Waals surface area (Å²) in [5.74, 6) is 0.702. The summed E-state index contributed by atoms with van der Waals surface area (Å²) in [5.41, 5.74) is 2.26. The lowest BCUT2D eigenvalue weighted by Gasteiger charge is -2.21. The fraction of sp³-hybridized carbons (Fsp3) is 0.250. The first-order valence-corrected chi connectivity index (χ1v) is 10.9. The highest BCUT2D eigenvalue weighted by Crippen LogP contribution is 2.21. The molecule has 0 saturated carbocycles. The topological polar surface area (TPSA) is 115 Å². The Morgan fingerprint density at radius 2 is 1.80 bits per heavy atom. The summed E-state index contributed by atoms with van der Waals surface area (Å²) in [5, 5.41) is 6.50. The van der Waals surface area contributed by atoms with Crippen LogP contribution in [-0.2, 0) is 21.4 Å². The van der Waals surface area contributed by atoms with E-state index in [9.17, 15) is 13.2 Å². The minimum atomic E-state index is -3.67. The van der Waals surface area contributed by atoms with Gasteiger partial charge in [-0.3, -0.25) is 9.10 Å². The van der Waals surface area contributed by atoms with E-state index in [-0.39, 0.29) is 19.0 Å². The van der Waals surface area contributed by atoms with Crippen LogP contribution in [-0.4, -0.2) is 44.4 Å². The molecule has 0 aliphatic rings. The van der Waals surface area contributed by atoms with Crippen molar-refractivity contribution in [2.45, 2.75) is 13.5 Å². The van der Waals surface area contributed by atoms with Gasteiger partial charge in [-0.2, -0.15) is 4.98 Å². The molecule has 1 N–H and O–H groups in total. The van der Waals surface area contributed by atoms with E-state index in [1.165, 1.54) is 7.11 Å². The first-order valence-electron chi connectivity index (χ1n) is 9.04. The van der Waals surface area contributed by atoms with E-state index < -0.39 is 15.9 Å². The third-order valence-electron chi connectivity index (χ3n) is 4.26. The van der Waals surface area contributed by atoms with Gasteiger partial charge in [-0.1, -0.05) is 35.0 Å². The van der Waals surface area contributed by atoms with Crippen LogP contribution in [0.4, 0.5) is 5.69 Å². The molecule has 2 aromatic carbocycles. The van der Waals surface area contributed by atoms with Crippen LogP contribution in [0.15, 0.2) is 53.1 Å². The Balaban J connectivity index is 1.64. The molecule has 0 bridgehead atoms. The summed E-state index contributed by atoms with van der Waals surface area (Å²) in [6, 6.07) is 14.0. The van der Waals surface area contributed by atoms with Crippen LogP contribution in [0, 0.1) is 6.92 Å². The van der Waals surface area contributed by atoms with Crippen LogP contribution in [0.2, 0.25) is 0 Å². The molecule has 0 fully saturated rings. The number of benzene rings is 2. The summed E-state index contributed by atoms with van der Waals surface area (Å²) in [4.78, 5) is 16.6. The van der Waals surface area contributed by atoms with Gasteiger partial charge < -0.3 is 14.6 Å². The zero-order valence-electron chi connectivity index (χ0n) is 16.8. The minimum Gasteiger partial charge on any atom is -0.497 e. The number of nitrogens with zero attached hydrogens (tertiary/aromatic N) is 3. The quantitative estimate of drug-likeness (QED) is 0.582. The molecule has 0 radical (unpaired) electrons. The van der Waals surface area contributed by atoms with Gasteiger partial charge in [0.25, 0.3) is 0 Å². The number of aromatic nitrogens is 2. The molecule has 3 rings (SSSR count). The number of amides is 1. The highest BCUT2D eigenvalue weighted by Gasteiger charge is 2.21. The molecular formula is C20H22N4O5S. The standard InChI is InChI=1S/C20H22N4O5S/c1-14-4-6-15(7-5-14)20-22-19(29-23-20)12-21-18(25)13-24(30(3,26)27)16-8-10-17(28-2)11-9-16/h4-11H,12-13H2,1-3H3,(H,21,25). The second-order valence-corrected chi connectivity index (χ2v) is 8.53. The molecule has 0 atom stereocenters. The maximum absolute atomic E-state index is 12.4. The van der Waals surface area contributed by atoms with Crippen molar-refractivity contribution in [3.63, 3.8) is 0 Å². The number of aryl methyl sites for hydroxylation is 1. The third-order valence-corrected chi connectivity index (χ3v) is 5.40. The summed E-state index contributed by atoms with van der Waals surface area (Å²) in [7, 11) is -2.16. The van der Waals surface area contributed by atoms with Gasteiger partial charge in [-0.25, -0.2) is 8.42 Å². The molecule has 158 valence electrons. The molecule has 30 heavy (non-hydrogen) atoms. The van der Waals surface area contributed by atoms with Gasteiger partial charge in [0.2, 0.25) is 27.6 Å². The second-order valence-electron chi connectivity index (χ2n) is 6.62. The first-order chi connectivity index (χ1) is 14.3. The maximum atomic E-state index is 12.4. The van der Waals surface area contributed by atoms with Crippen molar-refractivity contribution >= 4 is 21.6 Å². The van der Waals surface area contributed by atoms with Crippen LogP contribution in [0.5, 0.6) is 5.75 Å². The number of sulfonamides is 1. The van der Waals surface area contributed by atoms with Crippen molar-refractivity contribution in [2.75, 3.05) is 24.2 Å². The lowest BCUT2D eigenvalue weighted by Crippen LogP contribution is -2.40. The van der Waals surface area contributed by atoms with Gasteiger partial charge in [-0.15, -0.1) is 0 Å². The third kappa shape index (κ3) is 5.35. The van der Waals surface area contributed by atoms with E-state index in [1.807, 2.05) is 31.2 Å². The molecule has 9 nitrogen and oxygen atoms in total. The van der Waals surface area contributed by atoms with Gasteiger partial charge in [0.05, 0.1) is 25.6 Å². The number of hydrogen-bond acceptors (Lipinski definition) is 7. The average Bonchev–Trinajstić information content (AvgIpc) is 3.19. The predicted molar refractivity (Wildman–Crippen MR) is 112 cm³/mol. The number of ether oxygens (including phenoxy) is 1. The highest BCUT2D eigenvalue weighted by molar-refractivity contribution is 7.92. The smallest absolute Gasteiger partial charge is 0.246 e. The fourth-order valence-electron chi connectivity index (χ4n) is 2.66. The van der Waals surface area contributed by atoms with Crippen LogP contribution in [0.3, 0.4) is 0 Å². The summed E-state index contributed by atoms with van der Waals surface area (Å²) in [6.07, 6.45) is 1.04. The van der Waals surface area contributed by atoms with Crippen molar-refractivity contribution in [3.05, 3.63) is 60.0 Å². The Hall–Kier alpha value is -3.40. The lowest BCUT2D eigenvalue weighted by atomic mass is 10.1. The van der Waals surface area contributed by atoms with E-state index in [4.69, 9.17) is 9.26 Å². The molecule has 0 aliphatic heterocycles. The number of nitrogens with one attached hydrogen (secondary N) is 1. The zero-order valence-corrected chi connectivity index (χ0v) is 17.6. The molecular weight excluding hydrogens is 408 g/mol. The maximum Gasteiger partial charge on any atom is 0.246 e. The van der Waals surface area contributed by atoms with Gasteiger partial charge in [0.1, 0.15) is 12.3 Å². The van der Waals surface area contributed by atoms with Gasteiger partial charge >= 0.3 is 0 Å². The number of anilines is 1. The van der Waals surface area contributed by atoms with Gasteiger partial charge in [-0.05, 0) is 31.2 Å². The average molecular weight is 430 g/mol. The van der Waals surface area contributed by atoms with Crippen LogP contribution >= 0.6 is 0 Å². The number of methoxy groups -OCH3 is 1. The Kier molecular flexibility index (Phi) is 6.36.